The van der Waals surface area contributed by atoms with Gasteiger partial charge in [0.1, 0.15) is 11.6 Å². The van der Waals surface area contributed by atoms with Crippen molar-refractivity contribution in [3.8, 4) is 5.69 Å². The van der Waals surface area contributed by atoms with Gasteiger partial charge in [-0.2, -0.15) is 5.10 Å². The monoisotopic (exact) mass is 453 g/mol. The quantitative estimate of drug-likeness (QED) is 0.469. The minimum atomic E-state index is -0.245. The van der Waals surface area contributed by atoms with E-state index in [0.29, 0.717) is 5.92 Å². The third-order valence-electron chi connectivity index (χ3n) is 6.32. The molecule has 33 heavy (non-hydrogen) atoms. The SMILES string of the molecule is CCN1CCN(c2c(CN(Cc3ccoc3)CC(C)C)c(C)nn2-c2cccc(F)c2)CC1. The minimum absolute atomic E-state index is 0.245. The van der Waals surface area contributed by atoms with Crippen molar-refractivity contribution in [1.82, 2.24) is 19.6 Å². The lowest BCUT2D eigenvalue weighted by atomic mass is 10.1. The molecule has 0 bridgehead atoms. The highest BCUT2D eigenvalue weighted by atomic mass is 19.1. The molecule has 0 amide bonds. The Kier molecular flexibility index (Phi) is 7.50. The van der Waals surface area contributed by atoms with Gasteiger partial charge in [0.05, 0.1) is 23.9 Å². The predicted molar refractivity (Wildman–Crippen MR) is 130 cm³/mol. The Balaban J connectivity index is 1.71. The summed E-state index contributed by atoms with van der Waals surface area (Å²) in [7, 11) is 0. The molecule has 0 radical (unpaired) electrons. The largest absolute Gasteiger partial charge is 0.472 e. The molecule has 4 rings (SSSR count). The zero-order valence-electron chi connectivity index (χ0n) is 20.3. The number of likely N-dealkylation sites (N-methyl/N-ethyl adjacent to an activating group) is 1. The predicted octanol–water partition coefficient (Wildman–Crippen LogP) is 4.71. The lowest BCUT2D eigenvalue weighted by Gasteiger charge is -2.36. The highest BCUT2D eigenvalue weighted by Crippen LogP contribution is 2.30. The summed E-state index contributed by atoms with van der Waals surface area (Å²) >= 11 is 0. The molecule has 0 aliphatic carbocycles. The second-order valence-corrected chi connectivity index (χ2v) is 9.40. The normalized spacial score (nSPS) is 15.2. The molecule has 3 aromatic rings. The summed E-state index contributed by atoms with van der Waals surface area (Å²) in [5, 5.41) is 4.92. The number of hydrogen-bond donors (Lipinski definition) is 0. The number of hydrogen-bond acceptors (Lipinski definition) is 5. The van der Waals surface area contributed by atoms with Gasteiger partial charge in [-0.1, -0.05) is 26.8 Å². The molecule has 0 N–H and O–H groups in total. The van der Waals surface area contributed by atoms with E-state index in [1.165, 1.54) is 17.2 Å². The summed E-state index contributed by atoms with van der Waals surface area (Å²) in [6, 6.07) is 8.77. The third-order valence-corrected chi connectivity index (χ3v) is 6.32. The van der Waals surface area contributed by atoms with E-state index in [4.69, 9.17) is 9.52 Å². The zero-order chi connectivity index (χ0) is 23.4. The smallest absolute Gasteiger partial charge is 0.137 e. The van der Waals surface area contributed by atoms with Gasteiger partial charge in [-0.05, 0) is 43.7 Å². The van der Waals surface area contributed by atoms with E-state index < -0.39 is 0 Å². The van der Waals surface area contributed by atoms with Crippen LogP contribution in [0, 0.1) is 18.7 Å². The zero-order valence-corrected chi connectivity index (χ0v) is 20.3. The van der Waals surface area contributed by atoms with Gasteiger partial charge in [0.2, 0.25) is 0 Å². The van der Waals surface area contributed by atoms with Gasteiger partial charge in [0.25, 0.3) is 0 Å². The van der Waals surface area contributed by atoms with Crippen LogP contribution in [0.4, 0.5) is 10.2 Å². The first-order chi connectivity index (χ1) is 15.9. The van der Waals surface area contributed by atoms with E-state index in [1.807, 2.05) is 23.1 Å². The summed E-state index contributed by atoms with van der Waals surface area (Å²) in [5.74, 6) is 1.38. The Morgan fingerprint density at radius 2 is 1.91 bits per heavy atom. The summed E-state index contributed by atoms with van der Waals surface area (Å²) in [4.78, 5) is 7.36. The number of aryl methyl sites for hydroxylation is 1. The lowest BCUT2D eigenvalue weighted by Crippen LogP contribution is -2.47. The van der Waals surface area contributed by atoms with E-state index in [1.54, 1.807) is 18.4 Å². The molecule has 0 atom stereocenters. The van der Waals surface area contributed by atoms with Crippen molar-refractivity contribution >= 4 is 5.82 Å². The van der Waals surface area contributed by atoms with E-state index in [-0.39, 0.29) is 5.82 Å². The molecule has 2 aromatic heterocycles. The van der Waals surface area contributed by atoms with Crippen LogP contribution in [0.25, 0.3) is 5.69 Å². The van der Waals surface area contributed by atoms with E-state index in [2.05, 4.69) is 42.4 Å². The minimum Gasteiger partial charge on any atom is -0.472 e. The van der Waals surface area contributed by atoms with Crippen molar-refractivity contribution in [2.75, 3.05) is 44.2 Å². The Bertz CT molecular complexity index is 1020. The van der Waals surface area contributed by atoms with E-state index >= 15 is 0 Å². The van der Waals surface area contributed by atoms with Crippen molar-refractivity contribution in [2.45, 2.75) is 40.8 Å². The fourth-order valence-electron chi connectivity index (χ4n) is 4.69. The number of nitrogens with zero attached hydrogens (tertiary/aromatic N) is 5. The Morgan fingerprint density at radius 1 is 1.12 bits per heavy atom. The number of aromatic nitrogens is 2. The number of benzene rings is 1. The van der Waals surface area contributed by atoms with Gasteiger partial charge in [0, 0.05) is 56.9 Å². The fraction of sp³-hybridized carbons (Fsp3) is 0.500. The van der Waals surface area contributed by atoms with Crippen molar-refractivity contribution in [1.29, 1.82) is 0 Å². The molecule has 1 aromatic carbocycles. The highest BCUT2D eigenvalue weighted by molar-refractivity contribution is 5.56. The molecular weight excluding hydrogens is 417 g/mol. The molecule has 7 heteroatoms. The average molecular weight is 454 g/mol. The molecule has 0 unspecified atom stereocenters. The summed E-state index contributed by atoms with van der Waals surface area (Å²) < 4.78 is 21.4. The molecule has 1 aliphatic rings. The number of rotatable bonds is 9. The van der Waals surface area contributed by atoms with Crippen LogP contribution in [-0.2, 0) is 13.1 Å². The molecule has 3 heterocycles. The molecule has 1 aliphatic heterocycles. The van der Waals surface area contributed by atoms with Gasteiger partial charge in [-0.15, -0.1) is 0 Å². The molecule has 1 saturated heterocycles. The highest BCUT2D eigenvalue weighted by Gasteiger charge is 2.26. The maximum Gasteiger partial charge on any atom is 0.137 e. The van der Waals surface area contributed by atoms with Crippen LogP contribution in [0.3, 0.4) is 0 Å². The van der Waals surface area contributed by atoms with Crippen molar-refractivity contribution < 1.29 is 8.81 Å². The molecular formula is C26H36FN5O. The average Bonchev–Trinajstić information content (AvgIpc) is 3.41. The first-order valence-corrected chi connectivity index (χ1v) is 12.0. The summed E-state index contributed by atoms with van der Waals surface area (Å²) in [5.41, 5.74) is 4.15. The summed E-state index contributed by atoms with van der Waals surface area (Å²) in [6.07, 6.45) is 3.55. The van der Waals surface area contributed by atoms with Crippen LogP contribution in [0.1, 0.15) is 37.6 Å². The van der Waals surface area contributed by atoms with Gasteiger partial charge in [0.15, 0.2) is 0 Å². The Labute approximate surface area is 196 Å². The van der Waals surface area contributed by atoms with Crippen molar-refractivity contribution in [2.24, 2.45) is 5.92 Å². The number of furan rings is 1. The van der Waals surface area contributed by atoms with Gasteiger partial charge in [-0.3, -0.25) is 4.90 Å². The molecule has 6 nitrogen and oxygen atoms in total. The van der Waals surface area contributed by atoms with Gasteiger partial charge >= 0.3 is 0 Å². The standard InChI is InChI=1S/C26H36FN5O/c1-5-29-10-12-31(13-11-29)26-25(18-30(16-20(2)3)17-22-9-14-33-19-22)21(4)28-32(26)24-8-6-7-23(27)15-24/h6-9,14-15,19-20H,5,10-13,16-18H2,1-4H3. The van der Waals surface area contributed by atoms with Gasteiger partial charge in [-0.25, -0.2) is 9.07 Å². The van der Waals surface area contributed by atoms with Crippen molar-refractivity contribution in [3.05, 3.63) is 65.5 Å². The maximum absolute atomic E-state index is 14.1. The van der Waals surface area contributed by atoms with Crippen LogP contribution in [0.5, 0.6) is 0 Å². The molecule has 0 spiro atoms. The molecule has 178 valence electrons. The Morgan fingerprint density at radius 3 is 2.55 bits per heavy atom. The van der Waals surface area contributed by atoms with Crippen LogP contribution in [0.15, 0.2) is 47.3 Å². The van der Waals surface area contributed by atoms with Crippen LogP contribution in [-0.4, -0.2) is 58.8 Å². The number of piperazine rings is 1. The number of anilines is 1. The van der Waals surface area contributed by atoms with E-state index in [0.717, 1.165) is 69.6 Å². The van der Waals surface area contributed by atoms with Gasteiger partial charge < -0.3 is 14.2 Å². The lowest BCUT2D eigenvalue weighted by molar-refractivity contribution is 0.226. The first kappa shape index (κ1) is 23.5. The van der Waals surface area contributed by atoms with Crippen LogP contribution in [0.2, 0.25) is 0 Å². The topological polar surface area (TPSA) is 40.7 Å². The fourth-order valence-corrected chi connectivity index (χ4v) is 4.69. The maximum atomic E-state index is 14.1. The molecule has 1 fully saturated rings. The second kappa shape index (κ2) is 10.5. The molecule has 0 saturated carbocycles. The van der Waals surface area contributed by atoms with E-state index in [9.17, 15) is 4.39 Å². The van der Waals surface area contributed by atoms with Crippen molar-refractivity contribution in [3.63, 3.8) is 0 Å². The first-order valence-electron chi connectivity index (χ1n) is 12.0. The van der Waals surface area contributed by atoms with Crippen LogP contribution < -0.4 is 4.90 Å². The summed E-state index contributed by atoms with van der Waals surface area (Å²) in [6.45, 7) is 16.3. The Hall–Kier alpha value is -2.64. The second-order valence-electron chi connectivity index (χ2n) is 9.40. The van der Waals surface area contributed by atoms with Crippen LogP contribution >= 0.6 is 0 Å². The third kappa shape index (κ3) is 5.65. The number of halogens is 1.